The molecule has 128 valence electrons. The van der Waals surface area contributed by atoms with E-state index >= 15 is 0 Å². The molecule has 0 aliphatic heterocycles. The fraction of sp³-hybridized carbons (Fsp3) is 0.211. The predicted octanol–water partition coefficient (Wildman–Crippen LogP) is 4.19. The first kappa shape index (κ1) is 17.1. The molecule has 0 aliphatic carbocycles. The normalized spacial score (nSPS) is 10.8. The summed E-state index contributed by atoms with van der Waals surface area (Å²) in [5.41, 5.74) is 0.606. The number of para-hydroxylation sites is 1. The molecule has 2 aromatic heterocycles. The summed E-state index contributed by atoms with van der Waals surface area (Å²) in [4.78, 5) is 37.4. The second-order valence-corrected chi connectivity index (χ2v) is 6.85. The van der Waals surface area contributed by atoms with Gasteiger partial charge in [-0.25, -0.2) is 0 Å². The van der Waals surface area contributed by atoms with Gasteiger partial charge >= 0.3 is 5.97 Å². The molecule has 0 bridgehead atoms. The second-order valence-electron chi connectivity index (χ2n) is 5.57. The summed E-state index contributed by atoms with van der Waals surface area (Å²) in [6, 6.07) is 12.5. The van der Waals surface area contributed by atoms with Crippen molar-refractivity contribution in [3.63, 3.8) is 0 Å². The van der Waals surface area contributed by atoms with Crippen LogP contribution in [0.2, 0.25) is 0 Å². The number of fused-ring (bicyclic) bond motifs is 1. The fourth-order valence-electron chi connectivity index (χ4n) is 2.33. The Bertz CT molecular complexity index is 901. The Morgan fingerprint density at radius 2 is 1.84 bits per heavy atom. The van der Waals surface area contributed by atoms with Gasteiger partial charge in [0.15, 0.2) is 18.2 Å². The average Bonchev–Trinajstić information content (AvgIpc) is 3.23. The number of hydrogen-bond donors (Lipinski definition) is 0. The van der Waals surface area contributed by atoms with Gasteiger partial charge in [0.2, 0.25) is 5.78 Å². The smallest absolute Gasteiger partial charge is 0.306 e. The van der Waals surface area contributed by atoms with Gasteiger partial charge in [0, 0.05) is 16.7 Å². The van der Waals surface area contributed by atoms with Gasteiger partial charge in [0.1, 0.15) is 5.58 Å². The Labute approximate surface area is 148 Å². The zero-order valence-corrected chi connectivity index (χ0v) is 14.4. The molecule has 0 aliphatic rings. The number of carbonyl (C=O) groups is 3. The maximum absolute atomic E-state index is 12.0. The third kappa shape index (κ3) is 4.22. The van der Waals surface area contributed by atoms with Crippen molar-refractivity contribution >= 4 is 39.8 Å². The minimum atomic E-state index is -0.578. The Kier molecular flexibility index (Phi) is 5.09. The number of thiophene rings is 1. The van der Waals surface area contributed by atoms with E-state index in [2.05, 4.69) is 0 Å². The quantitative estimate of drug-likeness (QED) is 0.469. The van der Waals surface area contributed by atoms with E-state index in [9.17, 15) is 14.4 Å². The summed E-state index contributed by atoms with van der Waals surface area (Å²) in [7, 11) is 0. The lowest BCUT2D eigenvalue weighted by molar-refractivity contribution is -0.142. The molecule has 0 saturated carbocycles. The molecule has 0 amide bonds. The zero-order valence-electron chi connectivity index (χ0n) is 13.6. The van der Waals surface area contributed by atoms with Crippen LogP contribution in [0.5, 0.6) is 0 Å². The van der Waals surface area contributed by atoms with Gasteiger partial charge in [0.25, 0.3) is 0 Å². The number of furan rings is 1. The van der Waals surface area contributed by atoms with Crippen molar-refractivity contribution in [1.82, 2.24) is 0 Å². The number of hydrogen-bond acceptors (Lipinski definition) is 6. The molecular formula is C19H16O5S. The topological polar surface area (TPSA) is 73.6 Å². The van der Waals surface area contributed by atoms with Crippen LogP contribution in [0.25, 0.3) is 11.0 Å². The molecule has 0 saturated heterocycles. The highest BCUT2D eigenvalue weighted by molar-refractivity contribution is 7.14. The van der Waals surface area contributed by atoms with Gasteiger partial charge in [-0.15, -0.1) is 11.3 Å². The highest BCUT2D eigenvalue weighted by atomic mass is 32.1. The van der Waals surface area contributed by atoms with Crippen molar-refractivity contribution in [2.75, 3.05) is 6.61 Å². The van der Waals surface area contributed by atoms with E-state index in [4.69, 9.17) is 9.15 Å². The Hall–Kier alpha value is -2.73. The van der Waals surface area contributed by atoms with E-state index < -0.39 is 18.4 Å². The lowest BCUT2D eigenvalue weighted by atomic mass is 10.2. The molecule has 0 atom stereocenters. The highest BCUT2D eigenvalue weighted by Crippen LogP contribution is 2.20. The van der Waals surface area contributed by atoms with E-state index in [-0.39, 0.29) is 24.4 Å². The van der Waals surface area contributed by atoms with Crippen LogP contribution in [0.4, 0.5) is 0 Å². The summed E-state index contributed by atoms with van der Waals surface area (Å²) in [5, 5.41) is 0.814. The van der Waals surface area contributed by atoms with Crippen LogP contribution in [0.3, 0.4) is 0 Å². The Balaban J connectivity index is 1.48. The minimum Gasteiger partial charge on any atom is -0.457 e. The third-order valence-electron chi connectivity index (χ3n) is 3.64. The summed E-state index contributed by atoms with van der Waals surface area (Å²) < 4.78 is 10.4. The molecule has 0 spiro atoms. The first-order valence-electron chi connectivity index (χ1n) is 7.80. The first-order chi connectivity index (χ1) is 12.0. The van der Waals surface area contributed by atoms with Crippen LogP contribution in [0.15, 0.2) is 46.9 Å². The number of ketones is 2. The zero-order chi connectivity index (χ0) is 17.8. The van der Waals surface area contributed by atoms with E-state index in [1.54, 1.807) is 18.2 Å². The van der Waals surface area contributed by atoms with Gasteiger partial charge in [-0.2, -0.15) is 0 Å². The Morgan fingerprint density at radius 3 is 2.56 bits per heavy atom. The number of benzene rings is 1. The number of carbonyl (C=O) groups excluding carboxylic acids is 3. The minimum absolute atomic E-state index is 0.0524. The molecular weight excluding hydrogens is 340 g/mol. The largest absolute Gasteiger partial charge is 0.457 e. The number of rotatable bonds is 7. The highest BCUT2D eigenvalue weighted by Gasteiger charge is 2.16. The maximum atomic E-state index is 12.0. The predicted molar refractivity (Wildman–Crippen MR) is 94.1 cm³/mol. The summed E-state index contributed by atoms with van der Waals surface area (Å²) in [6.45, 7) is 1.52. The molecule has 0 fully saturated rings. The SMILES string of the molecule is Cc1ccc(C(=O)CCC(=O)OCC(=O)c2cc3ccccc3o2)s1. The molecule has 3 rings (SSSR count). The van der Waals surface area contributed by atoms with E-state index in [1.807, 2.05) is 31.2 Å². The molecule has 0 N–H and O–H groups in total. The monoisotopic (exact) mass is 356 g/mol. The molecule has 1 aromatic carbocycles. The molecule has 6 heteroatoms. The van der Waals surface area contributed by atoms with Gasteiger partial charge in [-0.3, -0.25) is 14.4 Å². The Morgan fingerprint density at radius 1 is 1.04 bits per heavy atom. The maximum Gasteiger partial charge on any atom is 0.306 e. The van der Waals surface area contributed by atoms with Crippen LogP contribution in [-0.2, 0) is 9.53 Å². The van der Waals surface area contributed by atoms with Crippen molar-refractivity contribution < 1.29 is 23.5 Å². The van der Waals surface area contributed by atoms with Gasteiger partial charge in [-0.1, -0.05) is 18.2 Å². The van der Waals surface area contributed by atoms with Crippen LogP contribution < -0.4 is 0 Å². The van der Waals surface area contributed by atoms with Gasteiger partial charge < -0.3 is 9.15 Å². The summed E-state index contributed by atoms with van der Waals surface area (Å²) in [5.74, 6) is -0.936. The molecule has 25 heavy (non-hydrogen) atoms. The lowest BCUT2D eigenvalue weighted by Crippen LogP contribution is -2.14. The van der Waals surface area contributed by atoms with Gasteiger partial charge in [-0.05, 0) is 31.2 Å². The van der Waals surface area contributed by atoms with E-state index in [0.29, 0.717) is 10.5 Å². The number of esters is 1. The molecule has 3 aromatic rings. The van der Waals surface area contributed by atoms with Crippen LogP contribution in [0.1, 0.15) is 37.9 Å². The third-order valence-corrected chi connectivity index (χ3v) is 4.68. The van der Waals surface area contributed by atoms with E-state index in [1.165, 1.54) is 11.3 Å². The summed E-state index contributed by atoms with van der Waals surface area (Å²) >= 11 is 1.40. The fourth-order valence-corrected chi connectivity index (χ4v) is 3.17. The van der Waals surface area contributed by atoms with Crippen LogP contribution >= 0.6 is 11.3 Å². The number of aryl methyl sites for hydroxylation is 1. The van der Waals surface area contributed by atoms with E-state index in [0.717, 1.165) is 10.3 Å². The van der Waals surface area contributed by atoms with Gasteiger partial charge in [0.05, 0.1) is 11.3 Å². The molecule has 5 nitrogen and oxygen atoms in total. The molecule has 2 heterocycles. The standard InChI is InChI=1S/C19H16O5S/c1-12-6-8-18(25-12)14(20)7-9-19(22)23-11-15(21)17-10-13-4-2-3-5-16(13)24-17/h2-6,8,10H,7,9,11H2,1H3. The summed E-state index contributed by atoms with van der Waals surface area (Å²) in [6.07, 6.45) is 0.0147. The van der Waals surface area contributed by atoms with Crippen molar-refractivity contribution in [3.8, 4) is 0 Å². The first-order valence-corrected chi connectivity index (χ1v) is 8.61. The van der Waals surface area contributed by atoms with Crippen molar-refractivity contribution in [2.24, 2.45) is 0 Å². The molecule has 0 unspecified atom stereocenters. The number of ether oxygens (including phenoxy) is 1. The second kappa shape index (κ2) is 7.44. The van der Waals surface area contributed by atoms with Crippen molar-refractivity contribution in [2.45, 2.75) is 19.8 Å². The molecule has 0 radical (unpaired) electrons. The lowest BCUT2D eigenvalue weighted by Gasteiger charge is -2.02. The van der Waals surface area contributed by atoms with Crippen molar-refractivity contribution in [3.05, 3.63) is 58.0 Å². The van der Waals surface area contributed by atoms with Crippen molar-refractivity contribution in [1.29, 1.82) is 0 Å². The van der Waals surface area contributed by atoms with Crippen LogP contribution in [-0.4, -0.2) is 24.1 Å². The average molecular weight is 356 g/mol. The number of Topliss-reactive ketones (excluding diaryl/α,β-unsaturated/α-hetero) is 2. The van der Waals surface area contributed by atoms with Crippen LogP contribution in [0, 0.1) is 6.92 Å².